The van der Waals surface area contributed by atoms with E-state index in [1.807, 2.05) is 0 Å². The minimum atomic E-state index is -3.47. The Hall–Kier alpha value is -1.66. The van der Waals surface area contributed by atoms with Crippen LogP contribution in [0.5, 0.6) is 0 Å². The van der Waals surface area contributed by atoms with E-state index in [0.29, 0.717) is 21.9 Å². The Labute approximate surface area is 115 Å². The highest BCUT2D eigenvalue weighted by molar-refractivity contribution is 7.90. The molecule has 7 heteroatoms. The van der Waals surface area contributed by atoms with Crippen molar-refractivity contribution in [1.82, 2.24) is 5.16 Å². The summed E-state index contributed by atoms with van der Waals surface area (Å²) in [5.41, 5.74) is 1.09. The highest BCUT2D eigenvalue weighted by atomic mass is 35.5. The van der Waals surface area contributed by atoms with E-state index in [0.717, 1.165) is 6.26 Å². The van der Waals surface area contributed by atoms with Crippen molar-refractivity contribution in [2.45, 2.75) is 11.6 Å². The van der Waals surface area contributed by atoms with Crippen LogP contribution in [0.2, 0.25) is 5.02 Å². The van der Waals surface area contributed by atoms with E-state index in [9.17, 15) is 8.42 Å². The van der Waals surface area contributed by atoms with Crippen molar-refractivity contribution >= 4 is 28.2 Å². The third kappa shape index (κ3) is 2.85. The smallest absolute Gasteiger partial charge is 0.203 e. The van der Waals surface area contributed by atoms with Gasteiger partial charge in [0.1, 0.15) is 0 Å². The lowest BCUT2D eigenvalue weighted by atomic mass is 10.1. The van der Waals surface area contributed by atoms with Crippen LogP contribution in [0.1, 0.15) is 5.56 Å². The molecule has 5 nitrogen and oxygen atoms in total. The molecule has 1 heterocycles. The zero-order valence-corrected chi connectivity index (χ0v) is 11.7. The number of benzene rings is 1. The summed E-state index contributed by atoms with van der Waals surface area (Å²) in [5, 5.41) is 4.09. The van der Waals surface area contributed by atoms with Gasteiger partial charge >= 0.3 is 0 Å². The Kier molecular flexibility index (Phi) is 3.73. The highest BCUT2D eigenvalue weighted by Crippen LogP contribution is 2.30. The number of hydrogen-bond donors (Lipinski definition) is 0. The molecule has 1 aromatic heterocycles. The van der Waals surface area contributed by atoms with Crippen LogP contribution in [0, 0.1) is 0 Å². The van der Waals surface area contributed by atoms with E-state index in [-0.39, 0.29) is 11.6 Å². The maximum Gasteiger partial charge on any atom is 0.203 e. The molecule has 0 saturated carbocycles. The van der Waals surface area contributed by atoms with Crippen molar-refractivity contribution in [2.75, 3.05) is 6.26 Å². The van der Waals surface area contributed by atoms with Gasteiger partial charge in [-0.05, 0) is 31.0 Å². The first-order chi connectivity index (χ1) is 8.93. The molecule has 2 aromatic rings. The van der Waals surface area contributed by atoms with E-state index < -0.39 is 9.84 Å². The molecule has 0 fully saturated rings. The number of aromatic nitrogens is 1. The lowest BCUT2D eigenvalue weighted by Crippen LogP contribution is -2.01. The summed E-state index contributed by atoms with van der Waals surface area (Å²) < 4.78 is 28.4. The average molecular weight is 299 g/mol. The minimum absolute atomic E-state index is 0.107. The zero-order valence-electron chi connectivity index (χ0n) is 10.1. The molecule has 0 aliphatic heterocycles. The van der Waals surface area contributed by atoms with Gasteiger partial charge in [0, 0.05) is 16.8 Å². The molecule has 0 N–H and O–H groups in total. The molecule has 0 amide bonds. The largest absolute Gasteiger partial charge is 0.355 e. The molecular weight excluding hydrogens is 288 g/mol. The molecule has 0 saturated heterocycles. The lowest BCUT2D eigenvalue weighted by Gasteiger charge is -2.00. The summed E-state index contributed by atoms with van der Waals surface area (Å²) in [7, 11) is -3.47. The zero-order chi connectivity index (χ0) is 14.0. The summed E-state index contributed by atoms with van der Waals surface area (Å²) in [4.78, 5) is 3.72. The van der Waals surface area contributed by atoms with Gasteiger partial charge in [0.15, 0.2) is 15.6 Å². The van der Waals surface area contributed by atoms with Gasteiger partial charge in [-0.25, -0.2) is 8.42 Å². The number of halogens is 1. The van der Waals surface area contributed by atoms with Gasteiger partial charge in [0.05, 0.1) is 12.1 Å². The second kappa shape index (κ2) is 5.14. The van der Waals surface area contributed by atoms with Crippen LogP contribution in [-0.2, 0) is 16.4 Å². The van der Waals surface area contributed by atoms with Crippen LogP contribution in [0.3, 0.4) is 0 Å². The molecule has 100 valence electrons. The van der Waals surface area contributed by atoms with Crippen LogP contribution < -0.4 is 0 Å². The number of rotatable bonds is 4. The van der Waals surface area contributed by atoms with Crippen LogP contribution >= 0.6 is 11.6 Å². The van der Waals surface area contributed by atoms with Gasteiger partial charge in [-0.1, -0.05) is 16.8 Å². The van der Waals surface area contributed by atoms with Crippen molar-refractivity contribution in [3.8, 4) is 11.3 Å². The quantitative estimate of drug-likeness (QED) is 0.813. The number of nitrogens with zero attached hydrogens (tertiary/aromatic N) is 2. The molecule has 0 aliphatic carbocycles. The summed E-state index contributed by atoms with van der Waals surface area (Å²) in [6.07, 6.45) is 1.07. The Morgan fingerprint density at radius 2 is 2.00 bits per heavy atom. The predicted molar refractivity (Wildman–Crippen MR) is 73.3 cm³/mol. The van der Waals surface area contributed by atoms with E-state index >= 15 is 0 Å². The molecule has 0 aliphatic rings. The second-order valence-corrected chi connectivity index (χ2v) is 6.32. The maximum absolute atomic E-state index is 11.6. The van der Waals surface area contributed by atoms with Crippen LogP contribution in [0.4, 0.5) is 0 Å². The van der Waals surface area contributed by atoms with Crippen molar-refractivity contribution < 1.29 is 12.9 Å². The van der Waals surface area contributed by atoms with Gasteiger partial charge in [-0.3, -0.25) is 4.99 Å². The van der Waals surface area contributed by atoms with Gasteiger partial charge in [0.2, 0.25) is 5.03 Å². The fourth-order valence-corrected chi connectivity index (χ4v) is 2.57. The van der Waals surface area contributed by atoms with E-state index in [2.05, 4.69) is 16.9 Å². The van der Waals surface area contributed by atoms with Crippen LogP contribution in [0.25, 0.3) is 11.3 Å². The van der Waals surface area contributed by atoms with Gasteiger partial charge < -0.3 is 4.52 Å². The first-order valence-electron chi connectivity index (χ1n) is 5.30. The molecule has 0 radical (unpaired) electrons. The third-order valence-electron chi connectivity index (χ3n) is 2.48. The Balaban J connectivity index is 2.61. The van der Waals surface area contributed by atoms with Gasteiger partial charge in [-0.15, -0.1) is 0 Å². The van der Waals surface area contributed by atoms with Crippen molar-refractivity contribution in [2.24, 2.45) is 4.99 Å². The van der Waals surface area contributed by atoms with E-state index in [1.165, 1.54) is 0 Å². The predicted octanol–water partition coefficient (Wildman–Crippen LogP) is 2.60. The first-order valence-corrected chi connectivity index (χ1v) is 7.57. The molecule has 0 atom stereocenters. The van der Waals surface area contributed by atoms with E-state index in [4.69, 9.17) is 16.1 Å². The lowest BCUT2D eigenvalue weighted by molar-refractivity contribution is 0.412. The van der Waals surface area contributed by atoms with Crippen LogP contribution in [-0.4, -0.2) is 26.5 Å². The normalized spacial score (nSPS) is 11.5. The van der Waals surface area contributed by atoms with E-state index in [1.54, 1.807) is 24.3 Å². The fraction of sp³-hybridized carbons (Fsp3) is 0.167. The molecule has 0 unspecified atom stereocenters. The minimum Gasteiger partial charge on any atom is -0.355 e. The Bertz CT molecular complexity index is 705. The Morgan fingerprint density at radius 3 is 2.53 bits per heavy atom. The van der Waals surface area contributed by atoms with Crippen LogP contribution in [0.15, 0.2) is 38.8 Å². The molecule has 0 bridgehead atoms. The molecule has 19 heavy (non-hydrogen) atoms. The topological polar surface area (TPSA) is 72.5 Å². The monoisotopic (exact) mass is 298 g/mol. The SMILES string of the molecule is C=NCc1c(S(C)(=O)=O)noc1-c1ccc(Cl)cc1. The van der Waals surface area contributed by atoms with Gasteiger partial charge in [0.25, 0.3) is 0 Å². The molecule has 2 rings (SSSR count). The average Bonchev–Trinajstić information content (AvgIpc) is 2.74. The summed E-state index contributed by atoms with van der Waals surface area (Å²) in [6.45, 7) is 3.49. The third-order valence-corrected chi connectivity index (χ3v) is 3.75. The highest BCUT2D eigenvalue weighted by Gasteiger charge is 2.23. The standard InChI is InChI=1S/C12H11ClN2O3S/c1-14-7-10-11(8-3-5-9(13)6-4-8)18-15-12(10)19(2,16)17/h3-6H,1,7H2,2H3. The molecular formula is C12H11ClN2O3S. The fourth-order valence-electron chi connectivity index (χ4n) is 1.67. The molecule has 0 spiro atoms. The van der Waals surface area contributed by atoms with Crippen molar-refractivity contribution in [3.05, 3.63) is 34.9 Å². The van der Waals surface area contributed by atoms with Gasteiger partial charge in [-0.2, -0.15) is 0 Å². The van der Waals surface area contributed by atoms with Crippen molar-refractivity contribution in [1.29, 1.82) is 0 Å². The summed E-state index contributed by atoms with van der Waals surface area (Å²) in [5.74, 6) is 0.365. The number of hydrogen-bond acceptors (Lipinski definition) is 5. The summed E-state index contributed by atoms with van der Waals surface area (Å²) >= 11 is 5.81. The van der Waals surface area contributed by atoms with Crippen molar-refractivity contribution in [3.63, 3.8) is 0 Å². The number of sulfone groups is 1. The first kappa shape index (κ1) is 13.8. The second-order valence-electron chi connectivity index (χ2n) is 3.96. The maximum atomic E-state index is 11.6. The Morgan fingerprint density at radius 1 is 1.37 bits per heavy atom. The summed E-state index contributed by atoms with van der Waals surface area (Å²) in [6, 6.07) is 6.82. The molecule has 1 aromatic carbocycles. The number of aliphatic imine (C=N–C) groups is 1.